The van der Waals surface area contributed by atoms with Gasteiger partial charge in [-0.2, -0.15) is 4.99 Å². The Hall–Kier alpha value is -2.16. The standard InChI is InChI=1S/C14H9ClFNO2/c15-13-7-12(4-5-14(13)17-9-18)19-8-10-2-1-3-11(16)6-10/h1-7H,8H2. The fourth-order valence-electron chi connectivity index (χ4n) is 1.51. The Labute approximate surface area is 114 Å². The Bertz CT molecular complexity index is 639. The molecule has 0 saturated heterocycles. The summed E-state index contributed by atoms with van der Waals surface area (Å²) in [7, 11) is 0. The minimum absolute atomic E-state index is 0.227. The fraction of sp³-hybridized carbons (Fsp3) is 0.0714. The average Bonchev–Trinajstić information content (AvgIpc) is 2.39. The first-order valence-electron chi connectivity index (χ1n) is 5.44. The van der Waals surface area contributed by atoms with Gasteiger partial charge in [0.15, 0.2) is 0 Å². The van der Waals surface area contributed by atoms with Crippen molar-refractivity contribution >= 4 is 23.4 Å². The number of halogens is 2. The molecule has 5 heteroatoms. The van der Waals surface area contributed by atoms with Crippen molar-refractivity contribution in [1.29, 1.82) is 0 Å². The van der Waals surface area contributed by atoms with Gasteiger partial charge in [0.25, 0.3) is 0 Å². The average molecular weight is 278 g/mol. The summed E-state index contributed by atoms with van der Waals surface area (Å²) >= 11 is 5.90. The number of nitrogens with zero attached hydrogens (tertiary/aromatic N) is 1. The molecule has 96 valence electrons. The molecule has 2 aromatic rings. The third kappa shape index (κ3) is 3.65. The van der Waals surface area contributed by atoms with Crippen LogP contribution in [0.25, 0.3) is 0 Å². The lowest BCUT2D eigenvalue weighted by molar-refractivity contribution is 0.305. The third-order valence-corrected chi connectivity index (χ3v) is 2.68. The molecule has 0 fully saturated rings. The first-order valence-corrected chi connectivity index (χ1v) is 5.81. The second-order valence-electron chi connectivity index (χ2n) is 3.73. The fourth-order valence-corrected chi connectivity index (χ4v) is 1.72. The molecular formula is C14H9ClFNO2. The van der Waals surface area contributed by atoms with Crippen LogP contribution in [0, 0.1) is 5.82 Å². The second-order valence-corrected chi connectivity index (χ2v) is 4.14. The lowest BCUT2D eigenvalue weighted by Crippen LogP contribution is -1.95. The number of ether oxygens (including phenoxy) is 1. The van der Waals surface area contributed by atoms with E-state index in [-0.39, 0.29) is 12.4 Å². The summed E-state index contributed by atoms with van der Waals surface area (Å²) < 4.78 is 18.4. The molecule has 19 heavy (non-hydrogen) atoms. The molecule has 0 atom stereocenters. The number of hydrogen-bond donors (Lipinski definition) is 0. The van der Waals surface area contributed by atoms with Crippen molar-refractivity contribution in [3.8, 4) is 5.75 Å². The summed E-state index contributed by atoms with van der Waals surface area (Å²) in [5, 5.41) is 0.292. The SMILES string of the molecule is O=C=Nc1ccc(OCc2cccc(F)c2)cc1Cl. The van der Waals surface area contributed by atoms with E-state index in [9.17, 15) is 9.18 Å². The second kappa shape index (κ2) is 6.14. The maximum Gasteiger partial charge on any atom is 0.240 e. The van der Waals surface area contributed by atoms with Crippen molar-refractivity contribution in [1.82, 2.24) is 0 Å². The maximum absolute atomic E-state index is 13.0. The van der Waals surface area contributed by atoms with Crippen LogP contribution in [-0.2, 0) is 11.4 Å². The first-order chi connectivity index (χ1) is 9.19. The normalized spacial score (nSPS) is 9.79. The summed E-state index contributed by atoms with van der Waals surface area (Å²) in [6.45, 7) is 0.227. The Kier molecular flexibility index (Phi) is 4.29. The Morgan fingerprint density at radius 2 is 2.11 bits per heavy atom. The lowest BCUT2D eigenvalue weighted by Gasteiger charge is -2.07. The zero-order chi connectivity index (χ0) is 13.7. The predicted molar refractivity (Wildman–Crippen MR) is 70.0 cm³/mol. The highest BCUT2D eigenvalue weighted by Gasteiger charge is 2.02. The number of isocyanates is 1. The van der Waals surface area contributed by atoms with Crippen LogP contribution in [-0.4, -0.2) is 6.08 Å². The molecule has 2 rings (SSSR count). The highest BCUT2D eigenvalue weighted by Crippen LogP contribution is 2.29. The summed E-state index contributed by atoms with van der Waals surface area (Å²) in [5.41, 5.74) is 1.04. The molecule has 2 aromatic carbocycles. The van der Waals surface area contributed by atoms with Gasteiger partial charge in [0.05, 0.1) is 10.7 Å². The minimum Gasteiger partial charge on any atom is -0.489 e. The maximum atomic E-state index is 13.0. The summed E-state index contributed by atoms with van der Waals surface area (Å²) in [6.07, 6.45) is 1.42. The smallest absolute Gasteiger partial charge is 0.240 e. The van der Waals surface area contributed by atoms with Gasteiger partial charge in [-0.25, -0.2) is 9.18 Å². The van der Waals surface area contributed by atoms with Crippen LogP contribution >= 0.6 is 11.6 Å². The van der Waals surface area contributed by atoms with Crippen molar-refractivity contribution < 1.29 is 13.9 Å². The van der Waals surface area contributed by atoms with Gasteiger partial charge < -0.3 is 4.74 Å². The molecule has 0 saturated carbocycles. The van der Waals surface area contributed by atoms with Crippen LogP contribution in [0.3, 0.4) is 0 Å². The summed E-state index contributed by atoms with van der Waals surface area (Å²) in [6, 6.07) is 10.9. The van der Waals surface area contributed by atoms with Gasteiger partial charge >= 0.3 is 0 Å². The Morgan fingerprint density at radius 1 is 1.26 bits per heavy atom. The van der Waals surface area contributed by atoms with Crippen molar-refractivity contribution in [3.63, 3.8) is 0 Å². The van der Waals surface area contributed by atoms with E-state index in [2.05, 4.69) is 4.99 Å². The summed E-state index contributed by atoms with van der Waals surface area (Å²) in [4.78, 5) is 13.6. The molecule has 0 amide bonds. The third-order valence-electron chi connectivity index (χ3n) is 2.38. The quantitative estimate of drug-likeness (QED) is 0.625. The summed E-state index contributed by atoms with van der Waals surface area (Å²) in [5.74, 6) is 0.203. The number of benzene rings is 2. The van der Waals surface area contributed by atoms with E-state index in [0.29, 0.717) is 22.0 Å². The molecule has 0 aromatic heterocycles. The van der Waals surface area contributed by atoms with Crippen molar-refractivity contribution in [2.75, 3.05) is 0 Å². The predicted octanol–water partition coefficient (Wildman–Crippen LogP) is 4.03. The highest BCUT2D eigenvalue weighted by atomic mass is 35.5. The molecule has 0 N–H and O–H groups in total. The molecule has 3 nitrogen and oxygen atoms in total. The van der Waals surface area contributed by atoms with Crippen LogP contribution < -0.4 is 4.74 Å². The van der Waals surface area contributed by atoms with E-state index in [4.69, 9.17) is 16.3 Å². The number of hydrogen-bond acceptors (Lipinski definition) is 3. The van der Waals surface area contributed by atoms with Crippen LogP contribution in [0.15, 0.2) is 47.5 Å². The largest absolute Gasteiger partial charge is 0.489 e. The molecule has 0 aliphatic rings. The molecule has 0 heterocycles. The van der Waals surface area contributed by atoms with E-state index in [1.54, 1.807) is 24.3 Å². The van der Waals surface area contributed by atoms with Gasteiger partial charge in [-0.05, 0) is 29.8 Å². The van der Waals surface area contributed by atoms with Gasteiger partial charge in [0.2, 0.25) is 6.08 Å². The molecule has 0 unspecified atom stereocenters. The molecule has 0 radical (unpaired) electrons. The van der Waals surface area contributed by atoms with E-state index < -0.39 is 0 Å². The van der Waals surface area contributed by atoms with E-state index in [0.717, 1.165) is 0 Å². The van der Waals surface area contributed by atoms with Gasteiger partial charge in [-0.3, -0.25) is 0 Å². The Morgan fingerprint density at radius 3 is 2.79 bits per heavy atom. The monoisotopic (exact) mass is 277 g/mol. The minimum atomic E-state index is -0.310. The lowest BCUT2D eigenvalue weighted by atomic mass is 10.2. The van der Waals surface area contributed by atoms with Crippen molar-refractivity contribution in [3.05, 3.63) is 58.9 Å². The zero-order valence-electron chi connectivity index (χ0n) is 9.77. The molecule has 0 spiro atoms. The van der Waals surface area contributed by atoms with Crippen LogP contribution in [0.4, 0.5) is 10.1 Å². The van der Waals surface area contributed by atoms with Gasteiger partial charge in [0, 0.05) is 6.07 Å². The van der Waals surface area contributed by atoms with E-state index in [1.165, 1.54) is 24.3 Å². The number of carbonyl (C=O) groups excluding carboxylic acids is 1. The van der Waals surface area contributed by atoms with Crippen molar-refractivity contribution in [2.24, 2.45) is 4.99 Å². The molecular weight excluding hydrogens is 269 g/mol. The number of rotatable bonds is 4. The van der Waals surface area contributed by atoms with Crippen LogP contribution in [0.1, 0.15) is 5.56 Å². The van der Waals surface area contributed by atoms with Crippen LogP contribution in [0.5, 0.6) is 5.75 Å². The highest BCUT2D eigenvalue weighted by molar-refractivity contribution is 6.33. The van der Waals surface area contributed by atoms with Crippen LogP contribution in [0.2, 0.25) is 5.02 Å². The molecule has 0 aliphatic carbocycles. The van der Waals surface area contributed by atoms with Gasteiger partial charge in [-0.1, -0.05) is 23.7 Å². The zero-order valence-corrected chi connectivity index (χ0v) is 10.5. The van der Waals surface area contributed by atoms with E-state index in [1.807, 2.05) is 0 Å². The first kappa shape index (κ1) is 13.3. The van der Waals surface area contributed by atoms with E-state index >= 15 is 0 Å². The van der Waals surface area contributed by atoms with Gasteiger partial charge in [-0.15, -0.1) is 0 Å². The number of aliphatic imine (C=N–C) groups is 1. The molecule has 0 aliphatic heterocycles. The van der Waals surface area contributed by atoms with Crippen molar-refractivity contribution in [2.45, 2.75) is 6.61 Å². The Balaban J connectivity index is 2.08. The topological polar surface area (TPSA) is 38.7 Å². The van der Waals surface area contributed by atoms with Gasteiger partial charge in [0.1, 0.15) is 18.2 Å². The molecule has 0 bridgehead atoms.